The van der Waals surface area contributed by atoms with Crippen LogP contribution in [0, 0.1) is 0 Å². The maximum Gasteiger partial charge on any atom is 0.219 e. The first-order chi connectivity index (χ1) is 9.78. The second kappa shape index (κ2) is 5.64. The molecule has 20 heavy (non-hydrogen) atoms. The summed E-state index contributed by atoms with van der Waals surface area (Å²) < 4.78 is 10.5. The molecule has 1 fully saturated rings. The number of carbonyl (C=O) groups is 1. The molecular formula is C15H19N2O3+. The molecule has 0 amide bonds. The lowest BCUT2D eigenvalue weighted by molar-refractivity contribution is -0.899. The minimum atomic E-state index is 0.168. The highest BCUT2D eigenvalue weighted by molar-refractivity contribution is 6.08. The number of ketones is 1. The predicted molar refractivity (Wildman–Crippen MR) is 75.6 cm³/mol. The fourth-order valence-electron chi connectivity index (χ4n) is 2.62. The number of methoxy groups -OCH3 is 1. The van der Waals surface area contributed by atoms with Crippen LogP contribution >= 0.6 is 0 Å². The van der Waals surface area contributed by atoms with Crippen molar-refractivity contribution >= 4 is 16.7 Å². The van der Waals surface area contributed by atoms with Crippen LogP contribution in [-0.2, 0) is 4.74 Å². The molecule has 2 heterocycles. The number of rotatable bonds is 4. The number of fused-ring (bicyclic) bond motifs is 1. The highest BCUT2D eigenvalue weighted by atomic mass is 16.5. The largest absolute Gasteiger partial charge is 0.497 e. The van der Waals surface area contributed by atoms with Crippen molar-refractivity contribution in [3.63, 3.8) is 0 Å². The van der Waals surface area contributed by atoms with Gasteiger partial charge in [-0.3, -0.25) is 4.79 Å². The summed E-state index contributed by atoms with van der Waals surface area (Å²) in [6, 6.07) is 5.74. The molecule has 0 spiro atoms. The number of aromatic nitrogens is 1. The van der Waals surface area contributed by atoms with Crippen molar-refractivity contribution in [1.82, 2.24) is 4.98 Å². The summed E-state index contributed by atoms with van der Waals surface area (Å²) in [4.78, 5) is 16.9. The minimum Gasteiger partial charge on any atom is -0.497 e. The third-order valence-electron chi connectivity index (χ3n) is 3.80. The summed E-state index contributed by atoms with van der Waals surface area (Å²) in [5.41, 5.74) is 1.71. The monoisotopic (exact) mass is 275 g/mol. The van der Waals surface area contributed by atoms with Gasteiger partial charge in [0.05, 0.1) is 20.3 Å². The number of morpholine rings is 1. The lowest BCUT2D eigenvalue weighted by Gasteiger charge is -2.22. The first-order valence-electron chi connectivity index (χ1n) is 6.87. The number of quaternary nitrogens is 1. The van der Waals surface area contributed by atoms with Crippen LogP contribution in [0.25, 0.3) is 10.9 Å². The summed E-state index contributed by atoms with van der Waals surface area (Å²) >= 11 is 0. The van der Waals surface area contributed by atoms with Crippen LogP contribution in [0.5, 0.6) is 5.75 Å². The zero-order valence-electron chi connectivity index (χ0n) is 11.6. The predicted octanol–water partition coefficient (Wildman–Crippen LogP) is 0.274. The first-order valence-corrected chi connectivity index (χ1v) is 6.87. The number of aromatic amines is 1. The van der Waals surface area contributed by atoms with Crippen LogP contribution in [0.15, 0.2) is 24.4 Å². The van der Waals surface area contributed by atoms with E-state index in [1.807, 2.05) is 18.2 Å². The van der Waals surface area contributed by atoms with E-state index in [0.717, 1.165) is 48.5 Å². The summed E-state index contributed by atoms with van der Waals surface area (Å²) in [5.74, 6) is 0.936. The topological polar surface area (TPSA) is 55.8 Å². The Hall–Kier alpha value is -1.85. The summed E-state index contributed by atoms with van der Waals surface area (Å²) in [6.07, 6.45) is 1.80. The number of nitrogens with one attached hydrogen (secondary N) is 2. The number of hydrogen-bond donors (Lipinski definition) is 2. The summed E-state index contributed by atoms with van der Waals surface area (Å²) in [6.45, 7) is 3.80. The van der Waals surface area contributed by atoms with E-state index < -0.39 is 0 Å². The van der Waals surface area contributed by atoms with Crippen LogP contribution in [0.3, 0.4) is 0 Å². The normalized spacial score (nSPS) is 16.4. The Bertz CT molecular complexity index is 615. The molecule has 2 aromatic rings. The molecule has 5 heteroatoms. The van der Waals surface area contributed by atoms with Gasteiger partial charge >= 0.3 is 0 Å². The number of hydrogen-bond acceptors (Lipinski definition) is 3. The number of Topliss-reactive ketones (excluding diaryl/α,β-unsaturated/α-hetero) is 1. The van der Waals surface area contributed by atoms with Crippen molar-refractivity contribution in [3.05, 3.63) is 30.0 Å². The van der Waals surface area contributed by atoms with Gasteiger partial charge in [0, 0.05) is 22.7 Å². The second-order valence-electron chi connectivity index (χ2n) is 5.08. The molecule has 0 aliphatic carbocycles. The maximum absolute atomic E-state index is 12.5. The molecule has 0 atom stereocenters. The van der Waals surface area contributed by atoms with Gasteiger partial charge in [0.25, 0.3) is 0 Å². The summed E-state index contributed by atoms with van der Waals surface area (Å²) in [7, 11) is 1.63. The Morgan fingerprint density at radius 2 is 2.20 bits per heavy atom. The van der Waals surface area contributed by atoms with Crippen LogP contribution in [0.2, 0.25) is 0 Å². The maximum atomic E-state index is 12.5. The molecule has 3 rings (SSSR count). The number of ether oxygens (including phenoxy) is 2. The van der Waals surface area contributed by atoms with E-state index in [1.54, 1.807) is 13.3 Å². The van der Waals surface area contributed by atoms with Crippen molar-refractivity contribution in [3.8, 4) is 5.75 Å². The number of benzene rings is 1. The van der Waals surface area contributed by atoms with Crippen LogP contribution in [-0.4, -0.2) is 50.7 Å². The van der Waals surface area contributed by atoms with E-state index in [2.05, 4.69) is 4.98 Å². The zero-order chi connectivity index (χ0) is 13.9. The van der Waals surface area contributed by atoms with Gasteiger partial charge in [-0.2, -0.15) is 0 Å². The van der Waals surface area contributed by atoms with Gasteiger partial charge < -0.3 is 19.4 Å². The standard InChI is InChI=1S/C15H18N2O3/c1-19-11-2-3-14-12(8-11)13(9-16-14)15(18)10-17-4-6-20-7-5-17/h2-3,8-9,16H,4-7,10H2,1H3/p+1. The van der Waals surface area contributed by atoms with Crippen molar-refractivity contribution in [2.75, 3.05) is 40.0 Å². The van der Waals surface area contributed by atoms with E-state index in [1.165, 1.54) is 4.90 Å². The molecule has 0 unspecified atom stereocenters. The Morgan fingerprint density at radius 1 is 1.40 bits per heavy atom. The Kier molecular flexibility index (Phi) is 3.71. The minimum absolute atomic E-state index is 0.168. The zero-order valence-corrected chi connectivity index (χ0v) is 11.6. The highest BCUT2D eigenvalue weighted by Gasteiger charge is 2.21. The Morgan fingerprint density at radius 3 is 2.95 bits per heavy atom. The molecule has 0 bridgehead atoms. The third-order valence-corrected chi connectivity index (χ3v) is 3.80. The SMILES string of the molecule is COc1ccc2[nH]cc(C(=O)C[NH+]3CCOCC3)c2c1. The van der Waals surface area contributed by atoms with Crippen molar-refractivity contribution in [1.29, 1.82) is 0 Å². The molecule has 1 aromatic carbocycles. The van der Waals surface area contributed by atoms with Crippen LogP contribution < -0.4 is 9.64 Å². The average Bonchev–Trinajstić information content (AvgIpc) is 2.91. The smallest absolute Gasteiger partial charge is 0.219 e. The van der Waals surface area contributed by atoms with Gasteiger partial charge in [-0.1, -0.05) is 0 Å². The van der Waals surface area contributed by atoms with Crippen LogP contribution in [0.1, 0.15) is 10.4 Å². The Balaban J connectivity index is 1.83. The third kappa shape index (κ3) is 2.55. The molecule has 1 aliphatic rings. The molecule has 0 saturated carbocycles. The second-order valence-corrected chi connectivity index (χ2v) is 5.08. The number of carbonyl (C=O) groups excluding carboxylic acids is 1. The first kappa shape index (κ1) is 13.1. The van der Waals surface area contributed by atoms with E-state index in [4.69, 9.17) is 9.47 Å². The molecule has 0 radical (unpaired) electrons. The van der Waals surface area contributed by atoms with Crippen molar-refractivity contribution < 1.29 is 19.2 Å². The number of H-pyrrole nitrogens is 1. The molecule has 5 nitrogen and oxygen atoms in total. The van der Waals surface area contributed by atoms with Crippen molar-refractivity contribution in [2.24, 2.45) is 0 Å². The van der Waals surface area contributed by atoms with Gasteiger partial charge in [0.2, 0.25) is 5.78 Å². The molecule has 1 aliphatic heterocycles. The van der Waals surface area contributed by atoms with E-state index in [0.29, 0.717) is 6.54 Å². The van der Waals surface area contributed by atoms with Gasteiger partial charge in [-0.05, 0) is 18.2 Å². The summed E-state index contributed by atoms with van der Waals surface area (Å²) in [5, 5.41) is 0.932. The van der Waals surface area contributed by atoms with E-state index in [-0.39, 0.29) is 5.78 Å². The fraction of sp³-hybridized carbons (Fsp3) is 0.400. The van der Waals surface area contributed by atoms with Crippen molar-refractivity contribution in [2.45, 2.75) is 0 Å². The van der Waals surface area contributed by atoms with E-state index >= 15 is 0 Å². The molecular weight excluding hydrogens is 256 g/mol. The fourth-order valence-corrected chi connectivity index (χ4v) is 2.62. The van der Waals surface area contributed by atoms with E-state index in [9.17, 15) is 4.79 Å². The Labute approximate surface area is 117 Å². The quantitative estimate of drug-likeness (QED) is 0.788. The molecule has 106 valence electrons. The average molecular weight is 275 g/mol. The highest BCUT2D eigenvalue weighted by Crippen LogP contribution is 2.23. The molecule has 1 aromatic heterocycles. The molecule has 2 N–H and O–H groups in total. The van der Waals surface area contributed by atoms with Gasteiger partial charge in [0.1, 0.15) is 25.4 Å². The lowest BCUT2D eigenvalue weighted by Crippen LogP contribution is -3.14. The van der Waals surface area contributed by atoms with Crippen LogP contribution in [0.4, 0.5) is 0 Å². The molecule has 1 saturated heterocycles. The van der Waals surface area contributed by atoms with Gasteiger partial charge in [-0.15, -0.1) is 0 Å². The van der Waals surface area contributed by atoms with Gasteiger partial charge in [-0.25, -0.2) is 0 Å². The lowest BCUT2D eigenvalue weighted by atomic mass is 10.1. The van der Waals surface area contributed by atoms with Gasteiger partial charge in [0.15, 0.2) is 0 Å².